The summed E-state index contributed by atoms with van der Waals surface area (Å²) >= 11 is 6.04. The number of hydrogen-bond donors (Lipinski definition) is 1. The Morgan fingerprint density at radius 2 is 1.74 bits per heavy atom. The molecule has 1 fully saturated rings. The van der Waals surface area contributed by atoms with Gasteiger partial charge in [-0.25, -0.2) is 0 Å². The highest BCUT2D eigenvalue weighted by Crippen LogP contribution is 2.36. The lowest BCUT2D eigenvalue weighted by Crippen LogP contribution is -2.34. The highest BCUT2D eigenvalue weighted by molar-refractivity contribution is 6.30. The van der Waals surface area contributed by atoms with E-state index in [0.29, 0.717) is 5.02 Å². The van der Waals surface area contributed by atoms with Crippen molar-refractivity contribution in [3.05, 3.63) is 68.7 Å². The van der Waals surface area contributed by atoms with E-state index in [-0.39, 0.29) is 23.3 Å². The van der Waals surface area contributed by atoms with Crippen LogP contribution in [-0.2, 0) is 4.79 Å². The maximum Gasteiger partial charge on any atom is 0.293 e. The molecule has 3 rings (SSSR count). The number of halogens is 1. The Balaban J connectivity index is 2.05. The zero-order valence-corrected chi connectivity index (χ0v) is 15.9. The largest absolute Gasteiger partial charge is 0.321 e. The van der Waals surface area contributed by atoms with Crippen molar-refractivity contribution in [3.8, 4) is 0 Å². The molecule has 1 aliphatic rings. The summed E-state index contributed by atoms with van der Waals surface area (Å²) in [6.07, 6.45) is 3.41. The third kappa shape index (κ3) is 4.64. The first-order valence-corrected chi connectivity index (χ1v) is 9.39. The molecule has 2 aromatic carbocycles. The number of nitrogens with zero attached hydrogens (tertiary/aromatic N) is 2. The highest BCUT2D eigenvalue weighted by atomic mass is 35.5. The molecule has 1 heterocycles. The van der Waals surface area contributed by atoms with Crippen molar-refractivity contribution in [2.24, 2.45) is 0 Å². The predicted octanol–water partition coefficient (Wildman–Crippen LogP) is 4.78. The molecule has 1 saturated heterocycles. The number of piperidine rings is 1. The summed E-state index contributed by atoms with van der Waals surface area (Å²) in [5.41, 5.74) is 1.99. The molecule has 1 unspecified atom stereocenters. The molecule has 1 aliphatic heterocycles. The normalized spacial score (nSPS) is 15.9. The van der Waals surface area contributed by atoms with Crippen LogP contribution in [0.4, 0.5) is 11.4 Å². The lowest BCUT2D eigenvalue weighted by Gasteiger charge is -2.35. The Kier molecular flexibility index (Phi) is 6.08. The van der Waals surface area contributed by atoms with Gasteiger partial charge in [-0.1, -0.05) is 36.2 Å². The molecule has 1 amide bonds. The number of anilines is 1. The average molecular weight is 388 g/mol. The Morgan fingerprint density at radius 3 is 2.33 bits per heavy atom. The van der Waals surface area contributed by atoms with Gasteiger partial charge in [0.25, 0.3) is 5.69 Å². The highest BCUT2D eigenvalue weighted by Gasteiger charge is 2.26. The number of benzene rings is 2. The van der Waals surface area contributed by atoms with Gasteiger partial charge in [-0.15, -0.1) is 0 Å². The van der Waals surface area contributed by atoms with Crippen LogP contribution in [0.2, 0.25) is 5.02 Å². The van der Waals surface area contributed by atoms with Crippen molar-refractivity contribution >= 4 is 28.9 Å². The Morgan fingerprint density at radius 1 is 1.11 bits per heavy atom. The number of nitro groups is 1. The first-order valence-electron chi connectivity index (χ1n) is 9.01. The molecule has 7 heteroatoms. The van der Waals surface area contributed by atoms with Crippen LogP contribution in [0.15, 0.2) is 42.5 Å². The van der Waals surface area contributed by atoms with Crippen LogP contribution in [0.3, 0.4) is 0 Å². The topological polar surface area (TPSA) is 75.5 Å². The quantitative estimate of drug-likeness (QED) is 0.591. The van der Waals surface area contributed by atoms with Crippen molar-refractivity contribution < 1.29 is 9.72 Å². The first kappa shape index (κ1) is 19.3. The van der Waals surface area contributed by atoms with Crippen LogP contribution in [0, 0.1) is 10.1 Å². The van der Waals surface area contributed by atoms with E-state index >= 15 is 0 Å². The SMILES string of the molecule is CC(=O)Nc1ccc(C(c2ccc(Cl)cc2)N2CCCCC2)cc1[N+](=O)[O-]. The van der Waals surface area contributed by atoms with Crippen LogP contribution < -0.4 is 5.32 Å². The van der Waals surface area contributed by atoms with Gasteiger partial charge in [0.05, 0.1) is 11.0 Å². The van der Waals surface area contributed by atoms with Crippen LogP contribution in [0.5, 0.6) is 0 Å². The van der Waals surface area contributed by atoms with E-state index in [9.17, 15) is 14.9 Å². The summed E-state index contributed by atoms with van der Waals surface area (Å²) in [7, 11) is 0. The molecule has 6 nitrogen and oxygen atoms in total. The standard InChI is InChI=1S/C20H22ClN3O3/c1-14(25)22-18-10-7-16(13-19(18)24(26)27)20(23-11-3-2-4-12-23)15-5-8-17(21)9-6-15/h5-10,13,20H,2-4,11-12H2,1H3,(H,22,25). The smallest absolute Gasteiger partial charge is 0.293 e. The number of nitro benzene ring substituents is 1. The lowest BCUT2D eigenvalue weighted by molar-refractivity contribution is -0.384. The summed E-state index contributed by atoms with van der Waals surface area (Å²) in [5.74, 6) is -0.337. The van der Waals surface area contributed by atoms with Gasteiger partial charge in [0.1, 0.15) is 5.69 Å². The van der Waals surface area contributed by atoms with Gasteiger partial charge < -0.3 is 5.32 Å². The van der Waals surface area contributed by atoms with Gasteiger partial charge in [0.15, 0.2) is 0 Å². The number of hydrogen-bond acceptors (Lipinski definition) is 4. The predicted molar refractivity (Wildman–Crippen MR) is 106 cm³/mol. The molecule has 0 aromatic heterocycles. The number of amides is 1. The second kappa shape index (κ2) is 8.50. The van der Waals surface area contributed by atoms with Gasteiger partial charge in [-0.3, -0.25) is 19.8 Å². The van der Waals surface area contributed by atoms with Gasteiger partial charge in [-0.05, 0) is 55.3 Å². The van der Waals surface area contributed by atoms with Crippen LogP contribution in [-0.4, -0.2) is 28.8 Å². The van der Waals surface area contributed by atoms with Crippen molar-refractivity contribution in [3.63, 3.8) is 0 Å². The molecule has 0 bridgehead atoms. The van der Waals surface area contributed by atoms with Crippen LogP contribution in [0.1, 0.15) is 43.4 Å². The van der Waals surface area contributed by atoms with E-state index in [4.69, 9.17) is 11.6 Å². The summed E-state index contributed by atoms with van der Waals surface area (Å²) in [5, 5.41) is 14.8. The van der Waals surface area contributed by atoms with Gasteiger partial charge in [0, 0.05) is 18.0 Å². The molecule has 0 aliphatic carbocycles. The molecule has 2 aromatic rings. The number of rotatable bonds is 5. The van der Waals surface area contributed by atoms with Gasteiger partial charge in [0.2, 0.25) is 5.91 Å². The van der Waals surface area contributed by atoms with Gasteiger partial charge >= 0.3 is 0 Å². The van der Waals surface area contributed by atoms with E-state index in [1.807, 2.05) is 30.3 Å². The fourth-order valence-electron chi connectivity index (χ4n) is 3.60. The third-order valence-electron chi connectivity index (χ3n) is 4.79. The monoisotopic (exact) mass is 387 g/mol. The zero-order chi connectivity index (χ0) is 19.4. The Hall–Kier alpha value is -2.44. The lowest BCUT2D eigenvalue weighted by atomic mass is 9.94. The van der Waals surface area contributed by atoms with Crippen LogP contribution in [0.25, 0.3) is 0 Å². The maximum atomic E-state index is 11.6. The molecule has 27 heavy (non-hydrogen) atoms. The first-order chi connectivity index (χ1) is 13.0. The van der Waals surface area contributed by atoms with Crippen molar-refractivity contribution in [1.29, 1.82) is 0 Å². The molecule has 1 N–H and O–H groups in total. The maximum absolute atomic E-state index is 11.6. The summed E-state index contributed by atoms with van der Waals surface area (Å²) in [4.78, 5) is 24.8. The van der Waals surface area contributed by atoms with Crippen LogP contribution >= 0.6 is 11.6 Å². The number of carbonyl (C=O) groups excluding carboxylic acids is 1. The van der Waals surface area contributed by atoms with Crippen molar-refractivity contribution in [1.82, 2.24) is 4.90 Å². The number of nitrogens with one attached hydrogen (secondary N) is 1. The summed E-state index contributed by atoms with van der Waals surface area (Å²) in [6, 6.07) is 12.6. The van der Waals surface area contributed by atoms with Crippen molar-refractivity contribution in [2.75, 3.05) is 18.4 Å². The van der Waals surface area contributed by atoms with Crippen molar-refractivity contribution in [2.45, 2.75) is 32.2 Å². The molecular formula is C20H22ClN3O3. The molecule has 142 valence electrons. The van der Waals surface area contributed by atoms with E-state index in [1.165, 1.54) is 13.3 Å². The minimum Gasteiger partial charge on any atom is -0.321 e. The zero-order valence-electron chi connectivity index (χ0n) is 15.2. The number of carbonyl (C=O) groups is 1. The fraction of sp³-hybridized carbons (Fsp3) is 0.350. The van der Waals surface area contributed by atoms with E-state index < -0.39 is 4.92 Å². The second-order valence-electron chi connectivity index (χ2n) is 6.77. The summed E-state index contributed by atoms with van der Waals surface area (Å²) < 4.78 is 0. The number of likely N-dealkylation sites (tertiary alicyclic amines) is 1. The third-order valence-corrected chi connectivity index (χ3v) is 5.04. The molecular weight excluding hydrogens is 366 g/mol. The second-order valence-corrected chi connectivity index (χ2v) is 7.20. The molecule has 0 spiro atoms. The summed E-state index contributed by atoms with van der Waals surface area (Å²) in [6.45, 7) is 3.21. The minimum atomic E-state index is -0.454. The van der Waals surface area contributed by atoms with E-state index in [0.717, 1.165) is 37.1 Å². The molecule has 0 radical (unpaired) electrons. The van der Waals surface area contributed by atoms with Gasteiger partial charge in [-0.2, -0.15) is 0 Å². The fourth-order valence-corrected chi connectivity index (χ4v) is 3.73. The molecule has 0 saturated carbocycles. The Bertz CT molecular complexity index is 833. The van der Waals surface area contributed by atoms with E-state index in [2.05, 4.69) is 10.2 Å². The average Bonchev–Trinajstić information content (AvgIpc) is 2.65. The van der Waals surface area contributed by atoms with E-state index in [1.54, 1.807) is 12.1 Å². The molecule has 1 atom stereocenters. The minimum absolute atomic E-state index is 0.0901. The Labute approximate surface area is 163 Å².